The Morgan fingerprint density at radius 1 is 1.21 bits per heavy atom. The average Bonchev–Trinajstić information content (AvgIpc) is 2.49. The van der Waals surface area contributed by atoms with Crippen LogP contribution >= 0.6 is 0 Å². The van der Waals surface area contributed by atoms with Crippen molar-refractivity contribution in [1.29, 1.82) is 0 Å². The summed E-state index contributed by atoms with van der Waals surface area (Å²) in [5.74, 6) is 0. The second kappa shape index (κ2) is 5.41. The number of benzene rings is 1. The molecule has 0 saturated carbocycles. The van der Waals surface area contributed by atoms with Gasteiger partial charge in [-0.05, 0) is 42.8 Å². The summed E-state index contributed by atoms with van der Waals surface area (Å²) in [5, 5.41) is 3.41. The van der Waals surface area contributed by atoms with Crippen LogP contribution in [-0.2, 0) is 6.54 Å². The zero-order chi connectivity index (χ0) is 13.1. The molecular weight excluding hydrogens is 234 g/mol. The summed E-state index contributed by atoms with van der Waals surface area (Å²) in [6.07, 6.45) is 4.88. The van der Waals surface area contributed by atoms with Crippen molar-refractivity contribution in [3.8, 4) is 0 Å². The number of nitrogens with one attached hydrogen (secondary N) is 1. The lowest BCUT2D eigenvalue weighted by molar-refractivity contribution is 0.516. The Hall–Kier alpha value is -1.87. The van der Waals surface area contributed by atoms with Crippen LogP contribution in [0.25, 0.3) is 0 Å². The molecule has 0 saturated heterocycles. The molecule has 19 heavy (non-hydrogen) atoms. The Balaban J connectivity index is 1.88. The van der Waals surface area contributed by atoms with Crippen molar-refractivity contribution in [3.05, 3.63) is 59.9 Å². The topological polar surface area (TPSA) is 28.2 Å². The van der Waals surface area contributed by atoms with E-state index in [1.54, 1.807) is 0 Å². The minimum absolute atomic E-state index is 0.477. The van der Waals surface area contributed by atoms with Crippen LogP contribution in [-0.4, -0.2) is 18.6 Å². The molecule has 3 nitrogen and oxygen atoms in total. The standard InChI is InChI=1S/C16H19N3/c1-17-15-8-11-19(12-13-6-9-18-10-7-13)16-5-3-2-4-14(15)16/h2-7,9-10,15,17H,8,11-12H2,1H3. The van der Waals surface area contributed by atoms with Gasteiger partial charge in [0.05, 0.1) is 0 Å². The van der Waals surface area contributed by atoms with Gasteiger partial charge in [-0.3, -0.25) is 4.98 Å². The van der Waals surface area contributed by atoms with Gasteiger partial charge < -0.3 is 10.2 Å². The largest absolute Gasteiger partial charge is 0.367 e. The Labute approximate surface area is 114 Å². The van der Waals surface area contributed by atoms with Gasteiger partial charge in [-0.15, -0.1) is 0 Å². The van der Waals surface area contributed by atoms with Crippen LogP contribution in [0.1, 0.15) is 23.6 Å². The molecule has 2 aromatic rings. The van der Waals surface area contributed by atoms with Gasteiger partial charge in [0.1, 0.15) is 0 Å². The van der Waals surface area contributed by atoms with Gasteiger partial charge in [0, 0.05) is 37.2 Å². The van der Waals surface area contributed by atoms with Crippen molar-refractivity contribution >= 4 is 5.69 Å². The smallest absolute Gasteiger partial charge is 0.0430 e. The Morgan fingerprint density at radius 3 is 2.79 bits per heavy atom. The van der Waals surface area contributed by atoms with Gasteiger partial charge in [0.25, 0.3) is 0 Å². The number of nitrogens with zero attached hydrogens (tertiary/aromatic N) is 2. The molecule has 0 aliphatic carbocycles. The molecule has 1 aromatic carbocycles. The molecule has 3 heteroatoms. The lowest BCUT2D eigenvalue weighted by Gasteiger charge is -2.35. The van der Waals surface area contributed by atoms with E-state index >= 15 is 0 Å². The normalized spacial score (nSPS) is 18.2. The average molecular weight is 253 g/mol. The molecule has 1 unspecified atom stereocenters. The quantitative estimate of drug-likeness (QED) is 0.911. The molecule has 0 bridgehead atoms. The molecule has 1 aliphatic rings. The number of hydrogen-bond donors (Lipinski definition) is 1. The van der Waals surface area contributed by atoms with Crippen molar-refractivity contribution in [3.63, 3.8) is 0 Å². The van der Waals surface area contributed by atoms with Gasteiger partial charge in [-0.1, -0.05) is 18.2 Å². The number of aromatic nitrogens is 1. The summed E-state index contributed by atoms with van der Waals surface area (Å²) in [7, 11) is 2.04. The van der Waals surface area contributed by atoms with E-state index in [1.807, 2.05) is 19.4 Å². The molecule has 0 fully saturated rings. The van der Waals surface area contributed by atoms with Crippen molar-refractivity contribution in [2.45, 2.75) is 19.0 Å². The molecule has 1 N–H and O–H groups in total. The lowest BCUT2D eigenvalue weighted by Crippen LogP contribution is -2.34. The predicted molar refractivity (Wildman–Crippen MR) is 78.1 cm³/mol. The fraction of sp³-hybridized carbons (Fsp3) is 0.312. The fourth-order valence-corrected chi connectivity index (χ4v) is 2.80. The summed E-state index contributed by atoms with van der Waals surface area (Å²) >= 11 is 0. The van der Waals surface area contributed by atoms with Crippen LogP contribution in [0, 0.1) is 0 Å². The van der Waals surface area contributed by atoms with Gasteiger partial charge in [-0.2, -0.15) is 0 Å². The predicted octanol–water partition coefficient (Wildman–Crippen LogP) is 2.75. The maximum atomic E-state index is 4.08. The molecule has 0 radical (unpaired) electrons. The van der Waals surface area contributed by atoms with Gasteiger partial charge >= 0.3 is 0 Å². The van der Waals surface area contributed by atoms with Crippen LogP contribution in [0.2, 0.25) is 0 Å². The number of fused-ring (bicyclic) bond motifs is 1. The molecule has 2 heterocycles. The molecule has 0 amide bonds. The van der Waals surface area contributed by atoms with Crippen molar-refractivity contribution in [1.82, 2.24) is 10.3 Å². The molecule has 1 aromatic heterocycles. The van der Waals surface area contributed by atoms with E-state index in [0.717, 1.165) is 19.5 Å². The first-order chi connectivity index (χ1) is 9.38. The second-order valence-electron chi connectivity index (χ2n) is 4.97. The van der Waals surface area contributed by atoms with E-state index in [-0.39, 0.29) is 0 Å². The van der Waals surface area contributed by atoms with E-state index in [2.05, 4.69) is 51.6 Å². The van der Waals surface area contributed by atoms with E-state index in [4.69, 9.17) is 0 Å². The number of hydrogen-bond acceptors (Lipinski definition) is 3. The minimum Gasteiger partial charge on any atom is -0.367 e. The number of pyridine rings is 1. The molecule has 98 valence electrons. The number of rotatable bonds is 3. The number of anilines is 1. The van der Waals surface area contributed by atoms with Gasteiger partial charge in [0.2, 0.25) is 0 Å². The third-order valence-electron chi connectivity index (χ3n) is 3.81. The highest BCUT2D eigenvalue weighted by Crippen LogP contribution is 2.34. The zero-order valence-corrected chi connectivity index (χ0v) is 11.2. The van der Waals surface area contributed by atoms with Gasteiger partial charge in [0.15, 0.2) is 0 Å². The van der Waals surface area contributed by atoms with Crippen LogP contribution in [0.5, 0.6) is 0 Å². The molecule has 1 aliphatic heterocycles. The van der Waals surface area contributed by atoms with Crippen LogP contribution in [0.15, 0.2) is 48.8 Å². The van der Waals surface area contributed by atoms with Crippen LogP contribution in [0.3, 0.4) is 0 Å². The van der Waals surface area contributed by atoms with Crippen LogP contribution < -0.4 is 10.2 Å². The molecular formula is C16H19N3. The summed E-state index contributed by atoms with van der Waals surface area (Å²) < 4.78 is 0. The zero-order valence-electron chi connectivity index (χ0n) is 11.2. The van der Waals surface area contributed by atoms with E-state index in [0.29, 0.717) is 6.04 Å². The summed E-state index contributed by atoms with van der Waals surface area (Å²) in [6, 6.07) is 13.4. The highest BCUT2D eigenvalue weighted by atomic mass is 15.1. The third kappa shape index (κ3) is 2.47. The van der Waals surface area contributed by atoms with Crippen molar-refractivity contribution < 1.29 is 0 Å². The first kappa shape index (κ1) is 12.2. The Bertz CT molecular complexity index is 539. The van der Waals surface area contributed by atoms with Gasteiger partial charge in [-0.25, -0.2) is 0 Å². The summed E-state index contributed by atoms with van der Waals surface area (Å²) in [6.45, 7) is 2.04. The van der Waals surface area contributed by atoms with Crippen LogP contribution in [0.4, 0.5) is 5.69 Å². The maximum absolute atomic E-state index is 4.08. The maximum Gasteiger partial charge on any atom is 0.0430 e. The first-order valence-electron chi connectivity index (χ1n) is 6.78. The Morgan fingerprint density at radius 2 is 2.00 bits per heavy atom. The highest BCUT2D eigenvalue weighted by Gasteiger charge is 2.23. The monoisotopic (exact) mass is 253 g/mol. The molecule has 1 atom stereocenters. The fourth-order valence-electron chi connectivity index (χ4n) is 2.80. The molecule has 0 spiro atoms. The first-order valence-corrected chi connectivity index (χ1v) is 6.78. The lowest BCUT2D eigenvalue weighted by atomic mass is 9.96. The Kier molecular flexibility index (Phi) is 3.47. The number of para-hydroxylation sites is 1. The van der Waals surface area contributed by atoms with E-state index < -0.39 is 0 Å². The third-order valence-corrected chi connectivity index (χ3v) is 3.81. The minimum atomic E-state index is 0.477. The SMILES string of the molecule is CNC1CCN(Cc2ccncc2)c2ccccc21. The van der Waals surface area contributed by atoms with Crippen molar-refractivity contribution in [2.75, 3.05) is 18.5 Å². The second-order valence-corrected chi connectivity index (χ2v) is 4.97. The van der Waals surface area contributed by atoms with E-state index in [1.165, 1.54) is 16.8 Å². The van der Waals surface area contributed by atoms with E-state index in [9.17, 15) is 0 Å². The highest BCUT2D eigenvalue weighted by molar-refractivity contribution is 5.57. The summed E-state index contributed by atoms with van der Waals surface area (Å²) in [5.41, 5.74) is 4.07. The van der Waals surface area contributed by atoms with Crippen molar-refractivity contribution in [2.24, 2.45) is 0 Å². The summed E-state index contributed by atoms with van der Waals surface area (Å²) in [4.78, 5) is 6.54. The molecule has 3 rings (SSSR count).